The van der Waals surface area contributed by atoms with E-state index in [0.29, 0.717) is 11.3 Å². The molecule has 0 radical (unpaired) electrons. The first-order valence-electron chi connectivity index (χ1n) is 4.63. The number of aryl methyl sites for hydroxylation is 1. The smallest absolute Gasteiger partial charge is 0.356 e. The molecule has 0 aromatic carbocycles. The van der Waals surface area contributed by atoms with Crippen LogP contribution in [0.4, 0.5) is 0 Å². The highest BCUT2D eigenvalue weighted by molar-refractivity contribution is 5.94. The Hall–Kier alpha value is -2.24. The quantitative estimate of drug-likeness (QED) is 0.759. The summed E-state index contributed by atoms with van der Waals surface area (Å²) in [6, 6.07) is 0. The number of aromatic amines is 1. The lowest BCUT2D eigenvalue weighted by atomic mass is 10.2. The number of methoxy groups -OCH3 is 1. The van der Waals surface area contributed by atoms with Gasteiger partial charge >= 0.3 is 5.97 Å². The van der Waals surface area contributed by atoms with Crippen LogP contribution in [0.5, 0.6) is 0 Å². The summed E-state index contributed by atoms with van der Waals surface area (Å²) >= 11 is 0. The Balaban J connectivity index is 2.48. The monoisotopic (exact) mass is 218 g/mol. The van der Waals surface area contributed by atoms with E-state index in [-0.39, 0.29) is 5.69 Å². The molecule has 6 nitrogen and oxygen atoms in total. The van der Waals surface area contributed by atoms with Crippen molar-refractivity contribution in [2.24, 2.45) is 0 Å². The van der Waals surface area contributed by atoms with E-state index in [0.717, 1.165) is 5.69 Å². The zero-order chi connectivity index (χ0) is 11.5. The highest BCUT2D eigenvalue weighted by atomic mass is 16.5. The lowest BCUT2D eigenvalue weighted by molar-refractivity contribution is 0.0595. The molecule has 2 aromatic rings. The number of aromatic nitrogens is 4. The van der Waals surface area contributed by atoms with Crippen molar-refractivity contribution in [1.82, 2.24) is 20.2 Å². The molecule has 0 saturated heterocycles. The van der Waals surface area contributed by atoms with Gasteiger partial charge in [-0.3, -0.25) is 10.1 Å². The molecule has 0 bridgehead atoms. The maximum Gasteiger partial charge on any atom is 0.356 e. The number of H-pyrrole nitrogens is 1. The molecule has 0 fully saturated rings. The molecule has 0 aliphatic carbocycles. The van der Waals surface area contributed by atoms with E-state index < -0.39 is 5.97 Å². The fourth-order valence-electron chi connectivity index (χ4n) is 1.33. The third-order valence-corrected chi connectivity index (χ3v) is 2.06. The molecule has 0 unspecified atom stereocenters. The molecule has 2 rings (SSSR count). The lowest BCUT2D eigenvalue weighted by Crippen LogP contribution is -2.04. The summed E-state index contributed by atoms with van der Waals surface area (Å²) in [5, 5.41) is 6.39. The first-order chi connectivity index (χ1) is 7.72. The summed E-state index contributed by atoms with van der Waals surface area (Å²) in [6.07, 6.45) is 4.74. The zero-order valence-corrected chi connectivity index (χ0v) is 8.89. The van der Waals surface area contributed by atoms with E-state index in [1.165, 1.54) is 13.3 Å². The summed E-state index contributed by atoms with van der Waals surface area (Å²) in [5.74, 6) is -0.476. The number of rotatable bonds is 2. The van der Waals surface area contributed by atoms with E-state index in [1.54, 1.807) is 12.4 Å². The van der Waals surface area contributed by atoms with Gasteiger partial charge in [0.2, 0.25) is 0 Å². The molecule has 16 heavy (non-hydrogen) atoms. The number of hydrogen-bond donors (Lipinski definition) is 1. The first kappa shape index (κ1) is 10.3. The molecule has 0 spiro atoms. The predicted molar refractivity (Wildman–Crippen MR) is 55.7 cm³/mol. The summed E-state index contributed by atoms with van der Waals surface area (Å²) in [4.78, 5) is 19.7. The number of hydrogen-bond acceptors (Lipinski definition) is 5. The summed E-state index contributed by atoms with van der Waals surface area (Å²) in [7, 11) is 1.31. The topological polar surface area (TPSA) is 80.8 Å². The van der Waals surface area contributed by atoms with E-state index >= 15 is 0 Å². The maximum atomic E-state index is 11.4. The molecule has 0 aliphatic rings. The maximum absolute atomic E-state index is 11.4. The van der Waals surface area contributed by atoms with Gasteiger partial charge in [0.15, 0.2) is 5.69 Å². The molecule has 82 valence electrons. The van der Waals surface area contributed by atoms with Crippen LogP contribution in [0.3, 0.4) is 0 Å². The van der Waals surface area contributed by atoms with Crippen molar-refractivity contribution >= 4 is 5.97 Å². The number of nitrogens with one attached hydrogen (secondary N) is 1. The fraction of sp³-hybridized carbons (Fsp3) is 0.200. The number of esters is 1. The highest BCUT2D eigenvalue weighted by Gasteiger charge is 2.16. The van der Waals surface area contributed by atoms with Gasteiger partial charge < -0.3 is 4.74 Å². The first-order valence-corrected chi connectivity index (χ1v) is 4.63. The van der Waals surface area contributed by atoms with Crippen LogP contribution in [0.2, 0.25) is 0 Å². The fourth-order valence-corrected chi connectivity index (χ4v) is 1.33. The molecule has 1 N–H and O–H groups in total. The van der Waals surface area contributed by atoms with Crippen molar-refractivity contribution in [2.75, 3.05) is 7.11 Å². The average molecular weight is 218 g/mol. The Labute approximate surface area is 91.7 Å². The van der Waals surface area contributed by atoms with Crippen LogP contribution in [-0.4, -0.2) is 33.2 Å². The van der Waals surface area contributed by atoms with E-state index in [1.807, 2.05) is 6.92 Å². The number of carbonyl (C=O) groups is 1. The molecular weight excluding hydrogens is 208 g/mol. The van der Waals surface area contributed by atoms with E-state index in [9.17, 15) is 4.79 Å². The van der Waals surface area contributed by atoms with Crippen molar-refractivity contribution in [2.45, 2.75) is 6.92 Å². The SMILES string of the molecule is COC(=O)c1[nH]ncc1-c1cncc(C)n1. The Morgan fingerprint density at radius 2 is 2.19 bits per heavy atom. The van der Waals surface area contributed by atoms with Gasteiger partial charge in [-0.25, -0.2) is 9.78 Å². The summed E-state index contributed by atoms with van der Waals surface area (Å²) < 4.78 is 4.63. The van der Waals surface area contributed by atoms with Crippen LogP contribution in [0, 0.1) is 6.92 Å². The Kier molecular flexibility index (Phi) is 2.63. The summed E-state index contributed by atoms with van der Waals surface area (Å²) in [5.41, 5.74) is 2.23. The minimum atomic E-state index is -0.476. The van der Waals surface area contributed by atoms with Gasteiger partial charge in [-0.05, 0) is 6.92 Å². The molecule has 0 amide bonds. The Morgan fingerprint density at radius 3 is 2.88 bits per heavy atom. The van der Waals surface area contributed by atoms with E-state index in [2.05, 4.69) is 24.9 Å². The van der Waals surface area contributed by atoms with Crippen LogP contribution in [0.25, 0.3) is 11.3 Å². The minimum Gasteiger partial charge on any atom is -0.464 e. The van der Waals surface area contributed by atoms with Gasteiger partial charge in [0.25, 0.3) is 0 Å². The van der Waals surface area contributed by atoms with Crippen molar-refractivity contribution in [3.63, 3.8) is 0 Å². The number of ether oxygens (including phenoxy) is 1. The van der Waals surface area contributed by atoms with E-state index in [4.69, 9.17) is 0 Å². The van der Waals surface area contributed by atoms with Gasteiger partial charge in [-0.2, -0.15) is 5.10 Å². The van der Waals surface area contributed by atoms with Gasteiger partial charge in [-0.1, -0.05) is 0 Å². The van der Waals surface area contributed by atoms with Gasteiger partial charge in [0, 0.05) is 6.20 Å². The number of nitrogens with zero attached hydrogens (tertiary/aromatic N) is 3. The van der Waals surface area contributed by atoms with Crippen molar-refractivity contribution in [1.29, 1.82) is 0 Å². The van der Waals surface area contributed by atoms with Gasteiger partial charge in [0.05, 0.1) is 36.5 Å². The molecule has 0 aliphatic heterocycles. The molecule has 6 heteroatoms. The molecule has 0 saturated carbocycles. The second-order valence-corrected chi connectivity index (χ2v) is 3.20. The lowest BCUT2D eigenvalue weighted by Gasteiger charge is -2.01. The molecule has 2 heterocycles. The van der Waals surface area contributed by atoms with Crippen LogP contribution >= 0.6 is 0 Å². The third-order valence-electron chi connectivity index (χ3n) is 2.06. The second kappa shape index (κ2) is 4.09. The largest absolute Gasteiger partial charge is 0.464 e. The third kappa shape index (κ3) is 1.77. The summed E-state index contributed by atoms with van der Waals surface area (Å²) in [6.45, 7) is 1.83. The Bertz CT molecular complexity index is 521. The standard InChI is InChI=1S/C10H10N4O2/c1-6-3-11-5-8(13-6)7-4-12-14-9(7)10(15)16-2/h3-5H,1-2H3,(H,12,14). The van der Waals surface area contributed by atoms with Crippen molar-refractivity contribution < 1.29 is 9.53 Å². The number of carbonyl (C=O) groups excluding carboxylic acids is 1. The average Bonchev–Trinajstić information content (AvgIpc) is 2.77. The molecule has 2 aromatic heterocycles. The van der Waals surface area contributed by atoms with Crippen LogP contribution in [0.1, 0.15) is 16.2 Å². The van der Waals surface area contributed by atoms with Crippen LogP contribution in [-0.2, 0) is 4.74 Å². The second-order valence-electron chi connectivity index (χ2n) is 3.20. The van der Waals surface area contributed by atoms with Gasteiger partial charge in [-0.15, -0.1) is 0 Å². The molecule has 0 atom stereocenters. The zero-order valence-electron chi connectivity index (χ0n) is 8.89. The highest BCUT2D eigenvalue weighted by Crippen LogP contribution is 2.19. The van der Waals surface area contributed by atoms with Crippen LogP contribution in [0.15, 0.2) is 18.6 Å². The normalized spacial score (nSPS) is 10.1. The van der Waals surface area contributed by atoms with Gasteiger partial charge in [0.1, 0.15) is 0 Å². The van der Waals surface area contributed by atoms with Crippen molar-refractivity contribution in [3.8, 4) is 11.3 Å². The Morgan fingerprint density at radius 1 is 1.38 bits per heavy atom. The predicted octanol–water partition coefficient (Wildman–Crippen LogP) is 0.962. The molecular formula is C10H10N4O2. The van der Waals surface area contributed by atoms with Crippen molar-refractivity contribution in [3.05, 3.63) is 30.0 Å². The minimum absolute atomic E-state index is 0.280. The van der Waals surface area contributed by atoms with Crippen LogP contribution < -0.4 is 0 Å².